The number of thiophene rings is 1. The summed E-state index contributed by atoms with van der Waals surface area (Å²) in [6.07, 6.45) is 0. The van der Waals surface area contributed by atoms with Gasteiger partial charge in [-0.2, -0.15) is 0 Å². The van der Waals surface area contributed by atoms with E-state index in [-0.39, 0.29) is 5.41 Å². The molecule has 6 heteroatoms. The van der Waals surface area contributed by atoms with E-state index in [0.29, 0.717) is 0 Å². The number of aromatic nitrogens is 2. The molecule has 0 saturated heterocycles. The molecule has 0 amide bonds. The molecule has 2 heterocycles. The zero-order valence-electron chi connectivity index (χ0n) is 13.1. The van der Waals surface area contributed by atoms with Gasteiger partial charge in [0.1, 0.15) is 17.5 Å². The summed E-state index contributed by atoms with van der Waals surface area (Å²) in [7, 11) is 3.90. The fourth-order valence-electron chi connectivity index (χ4n) is 1.84. The lowest BCUT2D eigenvalue weighted by atomic mass is 9.96. The molecule has 0 bridgehead atoms. The Morgan fingerprint density at radius 1 is 1.29 bits per heavy atom. The van der Waals surface area contributed by atoms with Crippen LogP contribution in [0.4, 0.5) is 11.6 Å². The Balaban J connectivity index is 2.29. The van der Waals surface area contributed by atoms with Gasteiger partial charge in [0, 0.05) is 30.5 Å². The van der Waals surface area contributed by atoms with Crippen LogP contribution in [0.25, 0.3) is 0 Å². The first-order valence-electron chi connectivity index (χ1n) is 6.82. The largest absolute Gasteiger partial charge is 0.373 e. The minimum atomic E-state index is -0.0886. The minimum Gasteiger partial charge on any atom is -0.373 e. The topological polar surface area (TPSA) is 41.0 Å². The fourth-order valence-corrected chi connectivity index (χ4v) is 2.99. The van der Waals surface area contributed by atoms with Gasteiger partial charge >= 0.3 is 0 Å². The normalized spacial score (nSPS) is 11.5. The second kappa shape index (κ2) is 6.20. The van der Waals surface area contributed by atoms with Crippen LogP contribution >= 0.6 is 22.9 Å². The van der Waals surface area contributed by atoms with Crippen molar-refractivity contribution in [2.75, 3.05) is 24.3 Å². The van der Waals surface area contributed by atoms with Gasteiger partial charge in [0.25, 0.3) is 0 Å². The Bertz CT molecular complexity index is 618. The van der Waals surface area contributed by atoms with Crippen LogP contribution in [0, 0.1) is 0 Å². The Labute approximate surface area is 135 Å². The molecular formula is C15H21ClN4S. The molecule has 0 fully saturated rings. The maximum absolute atomic E-state index is 5.99. The Hall–Kier alpha value is -1.33. The molecule has 2 rings (SSSR count). The van der Waals surface area contributed by atoms with Crippen molar-refractivity contribution in [2.24, 2.45) is 0 Å². The highest BCUT2D eigenvalue weighted by Gasteiger charge is 2.20. The van der Waals surface area contributed by atoms with Crippen molar-refractivity contribution in [1.82, 2.24) is 9.97 Å². The van der Waals surface area contributed by atoms with E-state index < -0.39 is 0 Å². The van der Waals surface area contributed by atoms with E-state index in [9.17, 15) is 0 Å². The van der Waals surface area contributed by atoms with Crippen LogP contribution in [0.5, 0.6) is 0 Å². The first-order chi connectivity index (χ1) is 9.79. The van der Waals surface area contributed by atoms with Crippen molar-refractivity contribution < 1.29 is 0 Å². The third-order valence-electron chi connectivity index (χ3n) is 3.05. The number of nitrogens with one attached hydrogen (secondary N) is 1. The van der Waals surface area contributed by atoms with Crippen LogP contribution < -0.4 is 10.2 Å². The lowest BCUT2D eigenvalue weighted by molar-refractivity contribution is 0.545. The molecule has 2 aromatic heterocycles. The highest BCUT2D eigenvalue weighted by molar-refractivity contribution is 7.16. The van der Waals surface area contributed by atoms with Crippen molar-refractivity contribution in [1.29, 1.82) is 0 Å². The van der Waals surface area contributed by atoms with Gasteiger partial charge in [-0.1, -0.05) is 32.4 Å². The van der Waals surface area contributed by atoms with Crippen molar-refractivity contribution in [3.63, 3.8) is 0 Å². The van der Waals surface area contributed by atoms with E-state index in [0.717, 1.165) is 28.3 Å². The van der Waals surface area contributed by atoms with E-state index in [2.05, 4.69) is 36.0 Å². The smallest absolute Gasteiger partial charge is 0.138 e. The van der Waals surface area contributed by atoms with Crippen molar-refractivity contribution >= 4 is 34.6 Å². The molecule has 0 unspecified atom stereocenters. The molecule has 0 saturated carbocycles. The lowest BCUT2D eigenvalue weighted by Gasteiger charge is -2.22. The average molecular weight is 325 g/mol. The second-order valence-electron chi connectivity index (χ2n) is 6.00. The van der Waals surface area contributed by atoms with Crippen LogP contribution in [0.3, 0.4) is 0 Å². The summed E-state index contributed by atoms with van der Waals surface area (Å²) in [5.41, 5.74) is -0.0886. The van der Waals surface area contributed by atoms with E-state index in [4.69, 9.17) is 16.6 Å². The maximum atomic E-state index is 5.99. The van der Waals surface area contributed by atoms with Gasteiger partial charge in [0.2, 0.25) is 0 Å². The third-order valence-corrected chi connectivity index (χ3v) is 4.27. The molecule has 4 nitrogen and oxygen atoms in total. The number of halogens is 1. The lowest BCUT2D eigenvalue weighted by Crippen LogP contribution is -2.22. The number of hydrogen-bond donors (Lipinski definition) is 1. The zero-order chi connectivity index (χ0) is 15.6. The average Bonchev–Trinajstić information content (AvgIpc) is 2.82. The van der Waals surface area contributed by atoms with Crippen molar-refractivity contribution in [2.45, 2.75) is 32.7 Å². The van der Waals surface area contributed by atoms with E-state index in [1.165, 1.54) is 4.88 Å². The molecule has 114 valence electrons. The molecule has 1 N–H and O–H groups in total. The summed E-state index contributed by atoms with van der Waals surface area (Å²) >= 11 is 7.58. The number of hydrogen-bond acceptors (Lipinski definition) is 5. The number of nitrogens with zero attached hydrogens (tertiary/aromatic N) is 3. The first kappa shape index (κ1) is 16.0. The molecule has 0 aliphatic rings. The zero-order valence-corrected chi connectivity index (χ0v) is 14.6. The van der Waals surface area contributed by atoms with Gasteiger partial charge < -0.3 is 10.2 Å². The molecule has 0 atom stereocenters. The van der Waals surface area contributed by atoms with Gasteiger partial charge in [-0.25, -0.2) is 9.97 Å². The molecular weight excluding hydrogens is 304 g/mol. The summed E-state index contributed by atoms with van der Waals surface area (Å²) < 4.78 is 0.812. The summed E-state index contributed by atoms with van der Waals surface area (Å²) in [6.45, 7) is 7.13. The molecule has 2 aromatic rings. The predicted molar refractivity (Wildman–Crippen MR) is 91.7 cm³/mol. The van der Waals surface area contributed by atoms with Crippen LogP contribution in [0.2, 0.25) is 4.34 Å². The van der Waals surface area contributed by atoms with Gasteiger partial charge in [-0.05, 0) is 12.1 Å². The Morgan fingerprint density at radius 2 is 2.00 bits per heavy atom. The van der Waals surface area contributed by atoms with Gasteiger partial charge in [-0.3, -0.25) is 0 Å². The van der Waals surface area contributed by atoms with Gasteiger partial charge in [-0.15, -0.1) is 11.3 Å². The minimum absolute atomic E-state index is 0.0886. The van der Waals surface area contributed by atoms with Crippen molar-refractivity contribution in [3.05, 3.63) is 33.2 Å². The van der Waals surface area contributed by atoms with Gasteiger partial charge in [0.15, 0.2) is 0 Å². The fraction of sp³-hybridized carbons (Fsp3) is 0.467. The quantitative estimate of drug-likeness (QED) is 0.916. The van der Waals surface area contributed by atoms with Crippen molar-refractivity contribution in [3.8, 4) is 0 Å². The summed E-state index contributed by atoms with van der Waals surface area (Å²) in [6, 6.07) is 5.94. The summed E-state index contributed by atoms with van der Waals surface area (Å²) in [5.74, 6) is 2.57. The molecule has 0 aromatic carbocycles. The van der Waals surface area contributed by atoms with E-state index in [1.54, 1.807) is 11.3 Å². The first-order valence-corrected chi connectivity index (χ1v) is 8.01. The molecule has 21 heavy (non-hydrogen) atoms. The van der Waals surface area contributed by atoms with Crippen LogP contribution in [0.1, 0.15) is 31.5 Å². The van der Waals surface area contributed by atoms with E-state index in [1.807, 2.05) is 32.3 Å². The van der Waals surface area contributed by atoms with Crippen LogP contribution in [-0.2, 0) is 12.0 Å². The Morgan fingerprint density at radius 3 is 2.52 bits per heavy atom. The SMILES string of the molecule is CNc1cc(N(C)Cc2ccc(Cl)s2)nc(C(C)(C)C)n1. The second-order valence-corrected chi connectivity index (χ2v) is 7.80. The highest BCUT2D eigenvalue weighted by atomic mass is 35.5. The third kappa shape index (κ3) is 4.08. The Kier molecular flexibility index (Phi) is 4.74. The molecule has 0 radical (unpaired) electrons. The molecule has 0 spiro atoms. The summed E-state index contributed by atoms with van der Waals surface area (Å²) in [5, 5.41) is 3.11. The van der Waals surface area contributed by atoms with Gasteiger partial charge in [0.05, 0.1) is 10.9 Å². The predicted octanol–water partition coefficient (Wildman–Crippen LogP) is 4.17. The number of rotatable bonds is 4. The van der Waals surface area contributed by atoms with Crippen LogP contribution in [0.15, 0.2) is 18.2 Å². The maximum Gasteiger partial charge on any atom is 0.138 e. The monoisotopic (exact) mass is 324 g/mol. The van der Waals surface area contributed by atoms with E-state index >= 15 is 0 Å². The molecule has 0 aliphatic heterocycles. The molecule has 0 aliphatic carbocycles. The highest BCUT2D eigenvalue weighted by Crippen LogP contribution is 2.26. The number of anilines is 2. The van der Waals surface area contributed by atoms with Crippen LogP contribution in [-0.4, -0.2) is 24.1 Å². The summed E-state index contributed by atoms with van der Waals surface area (Å²) in [4.78, 5) is 12.6. The standard InChI is InChI=1S/C15H21ClN4S/c1-15(2,3)14-18-12(17-4)8-13(19-14)20(5)9-10-6-7-11(16)21-10/h6-8H,9H2,1-5H3,(H,17,18,19).